The zero-order chi connectivity index (χ0) is 26.6. The third kappa shape index (κ3) is 6.84. The summed E-state index contributed by atoms with van der Waals surface area (Å²) >= 11 is 1.44. The second-order valence-electron chi connectivity index (χ2n) is 9.66. The number of carbonyl (C=O) groups is 1. The summed E-state index contributed by atoms with van der Waals surface area (Å²) in [5.74, 6) is 0.557. The van der Waals surface area contributed by atoms with Gasteiger partial charge in [-0.05, 0) is 76.3 Å². The first-order valence-electron chi connectivity index (χ1n) is 12.8. The molecule has 1 aliphatic carbocycles. The van der Waals surface area contributed by atoms with E-state index in [0.717, 1.165) is 48.1 Å². The zero-order valence-electron chi connectivity index (χ0n) is 22.4. The van der Waals surface area contributed by atoms with E-state index in [1.807, 2.05) is 44.1 Å². The Bertz CT molecular complexity index is 1320. The summed E-state index contributed by atoms with van der Waals surface area (Å²) in [7, 11) is 1.95. The second kappa shape index (κ2) is 13.2. The lowest BCUT2D eigenvalue weighted by Gasteiger charge is -2.30. The third-order valence-corrected chi connectivity index (χ3v) is 9.74. The lowest BCUT2D eigenvalue weighted by Crippen LogP contribution is -2.38. The number of ether oxygens (including phenoxy) is 1. The van der Waals surface area contributed by atoms with E-state index < -0.39 is 10.0 Å². The van der Waals surface area contributed by atoms with Crippen molar-refractivity contribution in [3.05, 3.63) is 48.0 Å². The molecule has 0 radical (unpaired) electrons. The van der Waals surface area contributed by atoms with Gasteiger partial charge in [0.15, 0.2) is 5.13 Å². The van der Waals surface area contributed by atoms with Crippen molar-refractivity contribution < 1.29 is 17.9 Å². The number of carbonyl (C=O) groups excluding carboxylic acids is 1. The number of aromatic nitrogens is 1. The largest absolute Gasteiger partial charge is 0.494 e. The van der Waals surface area contributed by atoms with E-state index in [4.69, 9.17) is 9.72 Å². The zero-order valence-corrected chi connectivity index (χ0v) is 24.9. The first-order chi connectivity index (χ1) is 17.7. The number of hydrogen-bond acceptors (Lipinski definition) is 7. The molecule has 0 N–H and O–H groups in total. The lowest BCUT2D eigenvalue weighted by molar-refractivity contribution is 0.0985. The minimum Gasteiger partial charge on any atom is -0.494 e. The summed E-state index contributed by atoms with van der Waals surface area (Å²) in [5, 5.41) is 0.601. The smallest absolute Gasteiger partial charge is 0.260 e. The normalized spacial score (nSPS) is 14.6. The first-order valence-corrected chi connectivity index (χ1v) is 15.0. The fourth-order valence-electron chi connectivity index (χ4n) is 4.58. The van der Waals surface area contributed by atoms with Crippen LogP contribution in [-0.4, -0.2) is 75.4 Å². The van der Waals surface area contributed by atoms with Crippen LogP contribution in [0.25, 0.3) is 10.2 Å². The van der Waals surface area contributed by atoms with Crippen LogP contribution in [-0.2, 0) is 10.0 Å². The molecule has 3 aromatic rings. The summed E-state index contributed by atoms with van der Waals surface area (Å²) in [6.45, 7) is 3.63. The molecule has 0 bridgehead atoms. The van der Waals surface area contributed by atoms with Gasteiger partial charge >= 0.3 is 0 Å². The minimum atomic E-state index is -3.62. The van der Waals surface area contributed by atoms with Gasteiger partial charge in [0, 0.05) is 31.7 Å². The predicted octanol–water partition coefficient (Wildman–Crippen LogP) is 5.28. The number of likely N-dealkylation sites (N-methyl/N-ethyl adjacent to an activating group) is 1. The van der Waals surface area contributed by atoms with E-state index in [-0.39, 0.29) is 29.3 Å². The fourth-order valence-corrected chi connectivity index (χ4v) is 7.02. The number of sulfonamides is 1. The molecule has 0 unspecified atom stereocenters. The third-order valence-electron chi connectivity index (χ3n) is 6.77. The molecule has 11 heteroatoms. The highest BCUT2D eigenvalue weighted by molar-refractivity contribution is 7.89. The number of thiazole rings is 1. The van der Waals surface area contributed by atoms with E-state index in [0.29, 0.717) is 30.4 Å². The average molecular weight is 581 g/mol. The van der Waals surface area contributed by atoms with Crippen LogP contribution >= 0.6 is 23.7 Å². The van der Waals surface area contributed by atoms with Gasteiger partial charge in [0.25, 0.3) is 5.91 Å². The van der Waals surface area contributed by atoms with Crippen LogP contribution in [0, 0.1) is 0 Å². The predicted molar refractivity (Wildman–Crippen MR) is 157 cm³/mol. The van der Waals surface area contributed by atoms with Crippen molar-refractivity contribution in [2.45, 2.75) is 50.0 Å². The molecule has 4 rings (SSSR count). The molecule has 1 aromatic heterocycles. The number of amides is 1. The number of halogens is 1. The van der Waals surface area contributed by atoms with Crippen LogP contribution in [0.2, 0.25) is 0 Å². The minimum absolute atomic E-state index is 0. The Balaban J connectivity index is 0.00000400. The highest BCUT2D eigenvalue weighted by atomic mass is 35.5. The number of nitrogens with zero attached hydrogens (tertiary/aromatic N) is 4. The molecule has 1 saturated carbocycles. The van der Waals surface area contributed by atoms with Gasteiger partial charge in [-0.15, -0.1) is 12.4 Å². The standard InChI is InChI=1S/C27H36N4O4S2.ClH/c1-5-35-22-13-16-24-25(19-22)36-27(28-24)31(18-17-29(2)3)26(32)20-11-14-23(15-12-20)37(33,34)30(4)21-9-7-6-8-10-21;/h11-16,19,21H,5-10,17-18H2,1-4H3;1H. The number of rotatable bonds is 10. The van der Waals surface area contributed by atoms with Gasteiger partial charge in [-0.3, -0.25) is 9.69 Å². The Morgan fingerprint density at radius 2 is 1.71 bits per heavy atom. The van der Waals surface area contributed by atoms with Gasteiger partial charge in [0.2, 0.25) is 10.0 Å². The molecule has 1 aliphatic rings. The van der Waals surface area contributed by atoms with Gasteiger partial charge in [-0.2, -0.15) is 4.31 Å². The number of hydrogen-bond donors (Lipinski definition) is 0. The Kier molecular flexibility index (Phi) is 10.5. The van der Waals surface area contributed by atoms with Crippen molar-refractivity contribution in [1.29, 1.82) is 0 Å². The molecular weight excluding hydrogens is 544 g/mol. The van der Waals surface area contributed by atoms with E-state index in [1.165, 1.54) is 15.6 Å². The lowest BCUT2D eigenvalue weighted by atomic mass is 9.96. The highest BCUT2D eigenvalue weighted by Crippen LogP contribution is 2.33. The molecular formula is C27H37ClN4O4S2. The van der Waals surface area contributed by atoms with E-state index in [9.17, 15) is 13.2 Å². The molecule has 0 atom stereocenters. The van der Waals surface area contributed by atoms with Gasteiger partial charge < -0.3 is 9.64 Å². The van der Waals surface area contributed by atoms with E-state index in [1.54, 1.807) is 36.2 Å². The number of fused-ring (bicyclic) bond motifs is 1. The van der Waals surface area contributed by atoms with E-state index >= 15 is 0 Å². The molecule has 208 valence electrons. The average Bonchev–Trinajstić information content (AvgIpc) is 3.32. The summed E-state index contributed by atoms with van der Waals surface area (Å²) in [4.78, 5) is 22.2. The van der Waals surface area contributed by atoms with Crippen LogP contribution in [0.3, 0.4) is 0 Å². The molecule has 1 fully saturated rings. The maximum absolute atomic E-state index is 13.6. The Morgan fingerprint density at radius 1 is 1.03 bits per heavy atom. The maximum Gasteiger partial charge on any atom is 0.260 e. The molecule has 0 spiro atoms. The summed E-state index contributed by atoms with van der Waals surface area (Å²) in [6.07, 6.45) is 5.05. The van der Waals surface area contributed by atoms with Crippen LogP contribution in [0.15, 0.2) is 47.4 Å². The van der Waals surface area contributed by atoms with Gasteiger partial charge in [0.05, 0.1) is 21.7 Å². The molecule has 8 nitrogen and oxygen atoms in total. The SMILES string of the molecule is CCOc1ccc2nc(N(CCN(C)C)C(=O)c3ccc(S(=O)(=O)N(C)C4CCCCC4)cc3)sc2c1.Cl. The number of anilines is 1. The topological polar surface area (TPSA) is 83.0 Å². The van der Waals surface area contributed by atoms with Gasteiger partial charge in [0.1, 0.15) is 5.75 Å². The monoisotopic (exact) mass is 580 g/mol. The second-order valence-corrected chi connectivity index (χ2v) is 12.7. The van der Waals surface area contributed by atoms with Gasteiger partial charge in [-0.25, -0.2) is 13.4 Å². The maximum atomic E-state index is 13.6. The van der Waals surface area contributed by atoms with Crippen molar-refractivity contribution in [2.75, 3.05) is 45.7 Å². The fraction of sp³-hybridized carbons (Fsp3) is 0.481. The Hall–Kier alpha value is -2.24. The van der Waals surface area contributed by atoms with Crippen molar-refractivity contribution in [1.82, 2.24) is 14.2 Å². The van der Waals surface area contributed by atoms with Crippen molar-refractivity contribution >= 4 is 55.0 Å². The highest BCUT2D eigenvalue weighted by Gasteiger charge is 2.29. The Morgan fingerprint density at radius 3 is 2.34 bits per heavy atom. The van der Waals surface area contributed by atoms with Crippen LogP contribution in [0.4, 0.5) is 5.13 Å². The van der Waals surface area contributed by atoms with E-state index in [2.05, 4.69) is 0 Å². The summed E-state index contributed by atoms with van der Waals surface area (Å²) in [6, 6.07) is 12.0. The first kappa shape index (κ1) is 30.3. The summed E-state index contributed by atoms with van der Waals surface area (Å²) in [5.41, 5.74) is 1.23. The van der Waals surface area contributed by atoms with Crippen LogP contribution in [0.1, 0.15) is 49.4 Å². The molecule has 1 amide bonds. The van der Waals surface area contributed by atoms with Crippen molar-refractivity contribution in [3.8, 4) is 5.75 Å². The molecule has 38 heavy (non-hydrogen) atoms. The molecule has 1 heterocycles. The Labute approximate surface area is 236 Å². The molecule has 0 saturated heterocycles. The van der Waals surface area contributed by atoms with Crippen LogP contribution in [0.5, 0.6) is 5.75 Å². The summed E-state index contributed by atoms with van der Waals surface area (Å²) < 4.78 is 34.5. The quantitative estimate of drug-likeness (QED) is 0.324. The van der Waals surface area contributed by atoms with Gasteiger partial charge in [-0.1, -0.05) is 30.6 Å². The molecule has 0 aliphatic heterocycles. The van der Waals surface area contributed by atoms with Crippen molar-refractivity contribution in [2.24, 2.45) is 0 Å². The molecule has 2 aromatic carbocycles. The number of benzene rings is 2. The van der Waals surface area contributed by atoms with Crippen LogP contribution < -0.4 is 9.64 Å². The van der Waals surface area contributed by atoms with Crippen molar-refractivity contribution in [3.63, 3.8) is 0 Å².